The van der Waals surface area contributed by atoms with Crippen LogP contribution in [0, 0.1) is 0 Å². The van der Waals surface area contributed by atoms with Crippen molar-refractivity contribution in [3.05, 3.63) is 106 Å². The first-order valence-electron chi connectivity index (χ1n) is 16.5. The topological polar surface area (TPSA) is 136 Å². The molecule has 10 nitrogen and oxygen atoms in total. The lowest BCUT2D eigenvalue weighted by atomic mass is 10.0. The molecule has 0 bridgehead atoms. The molecule has 0 saturated carbocycles. The average Bonchev–Trinajstić information content (AvgIpc) is 3.79. The normalized spacial score (nSPS) is 19.0. The number of morpholine rings is 1. The lowest BCUT2D eigenvalue weighted by Gasteiger charge is -2.37. The number of carbonyl (C=O) groups excluding carboxylic acids is 3. The summed E-state index contributed by atoms with van der Waals surface area (Å²) in [6.45, 7) is 1.52. The number of alkyl halides is 2. The Morgan fingerprint density at radius 1 is 1.00 bits per heavy atom. The van der Waals surface area contributed by atoms with Gasteiger partial charge in [0.15, 0.2) is 0 Å². The number of benzene rings is 3. The van der Waals surface area contributed by atoms with Gasteiger partial charge in [-0.2, -0.15) is 8.78 Å². The molecule has 6 rings (SSSR count). The summed E-state index contributed by atoms with van der Waals surface area (Å²) in [6, 6.07) is 22.3. The molecule has 1 unspecified atom stereocenters. The number of carbonyl (C=O) groups is 3. The zero-order valence-corrected chi connectivity index (χ0v) is 28.8. The number of thiophene rings is 1. The number of halogens is 2. The molecule has 2 fully saturated rings. The van der Waals surface area contributed by atoms with Crippen molar-refractivity contribution < 1.29 is 42.3 Å². The molecule has 264 valence electrons. The van der Waals surface area contributed by atoms with Gasteiger partial charge in [0.2, 0.25) is 11.8 Å². The number of likely N-dealkylation sites (tertiary alicyclic amines) is 1. The predicted octanol–water partition coefficient (Wildman–Crippen LogP) is 5.84. The highest BCUT2D eigenvalue weighted by Crippen LogP contribution is 2.59. The quantitative estimate of drug-likeness (QED) is 0.165. The molecule has 50 heavy (non-hydrogen) atoms. The third-order valence-corrected chi connectivity index (χ3v) is 11.3. The smallest absolute Gasteiger partial charge is 0.370 e. The van der Waals surface area contributed by atoms with Gasteiger partial charge in [-0.15, -0.1) is 11.3 Å². The summed E-state index contributed by atoms with van der Waals surface area (Å²) in [5.74, 6) is -1.10. The van der Waals surface area contributed by atoms with E-state index in [2.05, 4.69) is 5.32 Å². The highest BCUT2D eigenvalue weighted by atomic mass is 32.1. The van der Waals surface area contributed by atoms with Crippen LogP contribution in [0.5, 0.6) is 0 Å². The van der Waals surface area contributed by atoms with Crippen molar-refractivity contribution in [2.45, 2.75) is 56.0 Å². The molecule has 3 N–H and O–H groups in total. The summed E-state index contributed by atoms with van der Waals surface area (Å²) < 4.78 is 46.6. The number of hydrogen-bond donors (Lipinski definition) is 3. The number of nitrogens with zero attached hydrogens (tertiary/aromatic N) is 2. The zero-order valence-electron chi connectivity index (χ0n) is 27.1. The van der Waals surface area contributed by atoms with E-state index in [4.69, 9.17) is 14.5 Å². The number of rotatable bonds is 11. The van der Waals surface area contributed by atoms with Crippen molar-refractivity contribution in [3.8, 4) is 0 Å². The van der Waals surface area contributed by atoms with Crippen molar-refractivity contribution >= 4 is 46.7 Å². The lowest BCUT2D eigenvalue weighted by molar-refractivity contribution is -0.149. The minimum Gasteiger partial charge on any atom is -0.370 e. The van der Waals surface area contributed by atoms with Crippen LogP contribution in [-0.2, 0) is 31.0 Å². The Kier molecular flexibility index (Phi) is 10.8. The van der Waals surface area contributed by atoms with Crippen LogP contribution in [0.15, 0.2) is 84.9 Å². The van der Waals surface area contributed by atoms with Crippen LogP contribution in [-0.4, -0.2) is 75.6 Å². The van der Waals surface area contributed by atoms with Gasteiger partial charge in [0.05, 0.1) is 18.0 Å². The van der Waals surface area contributed by atoms with Crippen molar-refractivity contribution in [1.82, 2.24) is 15.1 Å². The molecule has 2 saturated heterocycles. The van der Waals surface area contributed by atoms with Crippen molar-refractivity contribution in [2.75, 3.05) is 26.2 Å². The summed E-state index contributed by atoms with van der Waals surface area (Å²) in [4.78, 5) is 63.6. The van der Waals surface area contributed by atoms with Crippen LogP contribution in [0.4, 0.5) is 8.78 Å². The minimum absolute atomic E-state index is 0.145. The maximum absolute atomic E-state index is 14.4. The number of ether oxygens (including phenoxy) is 1. The largest absolute Gasteiger partial charge is 0.399 e. The van der Waals surface area contributed by atoms with E-state index in [0.29, 0.717) is 63.0 Å². The Hall–Kier alpha value is -4.00. The second-order valence-corrected chi connectivity index (χ2v) is 15.3. The number of aryl methyl sites for hydroxylation is 1. The van der Waals surface area contributed by atoms with Gasteiger partial charge in [-0.25, -0.2) is 0 Å². The molecular formula is C36H38F2N3O7PS. The third-order valence-electron chi connectivity index (χ3n) is 9.23. The molecule has 2 aliphatic rings. The number of nitrogens with one attached hydrogen (secondary N) is 1. The average molecular weight is 726 g/mol. The first kappa shape index (κ1) is 35.8. The Bertz CT molecular complexity index is 1890. The molecule has 0 radical (unpaired) electrons. The van der Waals surface area contributed by atoms with Gasteiger partial charge < -0.3 is 29.6 Å². The Morgan fingerprint density at radius 2 is 1.72 bits per heavy atom. The number of hydrogen-bond acceptors (Lipinski definition) is 6. The van der Waals surface area contributed by atoms with Gasteiger partial charge in [0.25, 0.3) is 5.91 Å². The van der Waals surface area contributed by atoms with Crippen LogP contribution < -0.4 is 5.32 Å². The van der Waals surface area contributed by atoms with Gasteiger partial charge in [0.1, 0.15) is 18.2 Å². The van der Waals surface area contributed by atoms with Gasteiger partial charge in [0, 0.05) is 23.4 Å². The molecule has 4 aromatic rings. The van der Waals surface area contributed by atoms with Crippen molar-refractivity contribution in [1.29, 1.82) is 0 Å². The molecular weight excluding hydrogens is 687 g/mol. The van der Waals surface area contributed by atoms with Gasteiger partial charge in [-0.3, -0.25) is 18.9 Å². The van der Waals surface area contributed by atoms with Crippen LogP contribution in [0.2, 0.25) is 0 Å². The molecule has 3 heterocycles. The maximum atomic E-state index is 14.4. The lowest BCUT2D eigenvalue weighted by Crippen LogP contribution is -2.55. The van der Waals surface area contributed by atoms with Crippen LogP contribution in [0.25, 0.3) is 10.1 Å². The molecule has 14 heteroatoms. The second kappa shape index (κ2) is 15.1. The maximum Gasteiger partial charge on any atom is 0.399 e. The first-order chi connectivity index (χ1) is 23.9. The Morgan fingerprint density at radius 3 is 2.44 bits per heavy atom. The second-order valence-electron chi connectivity index (χ2n) is 12.6. The summed E-state index contributed by atoms with van der Waals surface area (Å²) in [7, 11) is -5.78. The summed E-state index contributed by atoms with van der Waals surface area (Å²) in [6.07, 6.45) is 2.40. The zero-order chi connectivity index (χ0) is 35.5. The summed E-state index contributed by atoms with van der Waals surface area (Å²) >= 11 is 1.01. The van der Waals surface area contributed by atoms with E-state index in [1.54, 1.807) is 9.80 Å². The standard InChI is InChI=1S/C36H38F2N3O7PS/c37-36(38,49(45,46)47)27-16-17-31-26(21-27)22-32(50-31)33(42)39-28(14-7-11-24-9-3-1-4-10-24)34(43)41-18-8-15-29(41)35(44)40-19-20-48-30(23-40)25-12-5-2-6-13-25/h1-6,9-10,12-13,16-17,21-22,28-30H,7-8,11,14-15,18-20,23H2,(H,39,42)(H2,45,46,47)/t28?,29-,30-/m0/s1. The Balaban J connectivity index is 1.20. The first-order valence-corrected chi connectivity index (χ1v) is 18.9. The van der Waals surface area contributed by atoms with Gasteiger partial charge in [-0.05, 0) is 66.8 Å². The Labute approximate surface area is 292 Å². The van der Waals surface area contributed by atoms with E-state index in [1.165, 1.54) is 12.1 Å². The minimum atomic E-state index is -5.78. The SMILES string of the molecule is O=C(NC(CCCc1ccccc1)C(=O)N1CCC[C@H]1C(=O)N1CCO[C@H](c2ccccc2)C1)c1cc2cc(C(F)(F)P(=O)(O)O)ccc2s1. The van der Waals surface area contributed by atoms with E-state index >= 15 is 0 Å². The highest BCUT2D eigenvalue weighted by molar-refractivity contribution is 7.52. The molecule has 3 atom stereocenters. The third kappa shape index (κ3) is 7.82. The monoisotopic (exact) mass is 725 g/mol. The molecule has 0 aliphatic carbocycles. The van der Waals surface area contributed by atoms with Crippen LogP contribution in [0.3, 0.4) is 0 Å². The molecule has 3 aromatic carbocycles. The number of fused-ring (bicyclic) bond motifs is 1. The highest BCUT2D eigenvalue weighted by Gasteiger charge is 2.50. The van der Waals surface area contributed by atoms with E-state index in [-0.39, 0.29) is 28.2 Å². The molecule has 1 aromatic heterocycles. The fourth-order valence-electron chi connectivity index (χ4n) is 6.57. The summed E-state index contributed by atoms with van der Waals surface area (Å²) in [5.41, 5.74) is -3.21. The molecule has 0 spiro atoms. The van der Waals surface area contributed by atoms with E-state index in [0.717, 1.165) is 34.6 Å². The van der Waals surface area contributed by atoms with E-state index in [9.17, 15) is 27.7 Å². The fraction of sp³-hybridized carbons (Fsp3) is 0.361. The van der Waals surface area contributed by atoms with Gasteiger partial charge >= 0.3 is 13.3 Å². The van der Waals surface area contributed by atoms with Crippen LogP contribution in [0.1, 0.15) is 58.1 Å². The van der Waals surface area contributed by atoms with E-state index < -0.39 is 36.8 Å². The summed E-state index contributed by atoms with van der Waals surface area (Å²) in [5, 5.41) is 3.07. The van der Waals surface area contributed by atoms with Crippen molar-refractivity contribution in [2.24, 2.45) is 0 Å². The van der Waals surface area contributed by atoms with Crippen LogP contribution >= 0.6 is 18.9 Å². The predicted molar refractivity (Wildman–Crippen MR) is 185 cm³/mol. The number of amides is 3. The fourth-order valence-corrected chi connectivity index (χ4v) is 7.99. The molecule has 3 amide bonds. The van der Waals surface area contributed by atoms with Gasteiger partial charge in [-0.1, -0.05) is 66.7 Å². The van der Waals surface area contributed by atoms with E-state index in [1.807, 2.05) is 60.7 Å². The van der Waals surface area contributed by atoms with Crippen molar-refractivity contribution in [3.63, 3.8) is 0 Å². The molecule has 2 aliphatic heterocycles.